The highest BCUT2D eigenvalue weighted by atomic mass is 16.5. The van der Waals surface area contributed by atoms with Gasteiger partial charge < -0.3 is 14.6 Å². The van der Waals surface area contributed by atoms with E-state index < -0.39 is 5.97 Å². The van der Waals surface area contributed by atoms with Gasteiger partial charge >= 0.3 is 5.97 Å². The van der Waals surface area contributed by atoms with Crippen molar-refractivity contribution in [2.45, 2.75) is 27.0 Å². The molecular formula is C14H17N3O4. The molecule has 1 N–H and O–H groups in total. The standard InChI is InChI=1S/C14H17N3O4/c1-3-17-12(15-9-16-17)8-21-13-10(14(18)19)6-5-7-11(13)20-4-2/h5-7,9H,3-4,8H2,1-2H3,(H,18,19). The van der Waals surface area contributed by atoms with Crippen LogP contribution in [0.3, 0.4) is 0 Å². The van der Waals surface area contributed by atoms with Crippen LogP contribution < -0.4 is 9.47 Å². The number of carboxylic acids is 1. The minimum atomic E-state index is -1.07. The van der Waals surface area contributed by atoms with E-state index in [4.69, 9.17) is 9.47 Å². The number of aromatic carboxylic acids is 1. The number of para-hydroxylation sites is 1. The number of benzene rings is 1. The van der Waals surface area contributed by atoms with E-state index in [1.54, 1.807) is 16.8 Å². The van der Waals surface area contributed by atoms with Gasteiger partial charge in [0.2, 0.25) is 0 Å². The van der Waals surface area contributed by atoms with Gasteiger partial charge in [0.1, 0.15) is 18.5 Å². The Morgan fingerprint density at radius 1 is 1.33 bits per heavy atom. The van der Waals surface area contributed by atoms with Gasteiger partial charge in [0.05, 0.1) is 6.61 Å². The van der Waals surface area contributed by atoms with Crippen LogP contribution in [0.5, 0.6) is 11.5 Å². The van der Waals surface area contributed by atoms with Crippen LogP contribution in [0.15, 0.2) is 24.5 Å². The van der Waals surface area contributed by atoms with E-state index in [2.05, 4.69) is 10.1 Å². The lowest BCUT2D eigenvalue weighted by atomic mass is 10.2. The van der Waals surface area contributed by atoms with Crippen molar-refractivity contribution < 1.29 is 19.4 Å². The number of aromatic nitrogens is 3. The molecule has 0 amide bonds. The molecule has 1 aromatic heterocycles. The number of nitrogens with zero attached hydrogens (tertiary/aromatic N) is 3. The average Bonchev–Trinajstić information content (AvgIpc) is 2.93. The largest absolute Gasteiger partial charge is 0.490 e. The summed E-state index contributed by atoms with van der Waals surface area (Å²) in [6.07, 6.45) is 1.44. The SMILES string of the molecule is CCOc1cccc(C(=O)O)c1OCc1ncnn1CC. The molecule has 0 aliphatic rings. The number of hydrogen-bond donors (Lipinski definition) is 1. The average molecular weight is 291 g/mol. The first-order valence-electron chi connectivity index (χ1n) is 6.65. The van der Waals surface area contributed by atoms with E-state index in [-0.39, 0.29) is 17.9 Å². The third-order valence-corrected chi connectivity index (χ3v) is 2.85. The van der Waals surface area contributed by atoms with E-state index in [1.807, 2.05) is 13.8 Å². The van der Waals surface area contributed by atoms with Gasteiger partial charge in [0.25, 0.3) is 0 Å². The summed E-state index contributed by atoms with van der Waals surface area (Å²) in [6.45, 7) is 4.97. The zero-order valence-electron chi connectivity index (χ0n) is 11.9. The molecule has 0 saturated heterocycles. The predicted octanol–water partition coefficient (Wildman–Crippen LogP) is 1.97. The Balaban J connectivity index is 2.27. The summed E-state index contributed by atoms with van der Waals surface area (Å²) in [7, 11) is 0. The minimum Gasteiger partial charge on any atom is -0.490 e. The van der Waals surface area contributed by atoms with Crippen molar-refractivity contribution in [3.63, 3.8) is 0 Å². The number of hydrogen-bond acceptors (Lipinski definition) is 5. The maximum Gasteiger partial charge on any atom is 0.339 e. The second kappa shape index (κ2) is 6.74. The van der Waals surface area contributed by atoms with E-state index in [0.29, 0.717) is 24.7 Å². The molecule has 2 aromatic rings. The van der Waals surface area contributed by atoms with Gasteiger partial charge in [-0.05, 0) is 26.0 Å². The molecule has 2 rings (SSSR count). The molecule has 0 radical (unpaired) electrons. The lowest BCUT2D eigenvalue weighted by Gasteiger charge is -2.14. The van der Waals surface area contributed by atoms with Crippen LogP contribution in [0.25, 0.3) is 0 Å². The van der Waals surface area contributed by atoms with Gasteiger partial charge in [-0.15, -0.1) is 0 Å². The fraction of sp³-hybridized carbons (Fsp3) is 0.357. The lowest BCUT2D eigenvalue weighted by Crippen LogP contribution is -2.10. The summed E-state index contributed by atoms with van der Waals surface area (Å²) in [5.74, 6) is 0.168. The van der Waals surface area contributed by atoms with Crippen LogP contribution in [-0.4, -0.2) is 32.4 Å². The summed E-state index contributed by atoms with van der Waals surface area (Å²) in [5, 5.41) is 13.3. The molecule has 21 heavy (non-hydrogen) atoms. The monoisotopic (exact) mass is 291 g/mol. The highest BCUT2D eigenvalue weighted by Crippen LogP contribution is 2.32. The zero-order valence-corrected chi connectivity index (χ0v) is 11.9. The van der Waals surface area contributed by atoms with Gasteiger partial charge in [-0.3, -0.25) is 0 Å². The minimum absolute atomic E-state index is 0.0588. The number of carbonyl (C=O) groups is 1. The summed E-state index contributed by atoms with van der Waals surface area (Å²) in [4.78, 5) is 15.4. The molecule has 0 saturated carbocycles. The zero-order chi connectivity index (χ0) is 15.2. The molecule has 0 fully saturated rings. The highest BCUT2D eigenvalue weighted by molar-refractivity contribution is 5.92. The van der Waals surface area contributed by atoms with Crippen LogP contribution in [0.1, 0.15) is 30.0 Å². The van der Waals surface area contributed by atoms with Gasteiger partial charge in [0.15, 0.2) is 17.3 Å². The summed E-state index contributed by atoms with van der Waals surface area (Å²) in [6, 6.07) is 4.77. The van der Waals surface area contributed by atoms with E-state index in [0.717, 1.165) is 0 Å². The van der Waals surface area contributed by atoms with Crippen molar-refractivity contribution >= 4 is 5.97 Å². The first-order chi connectivity index (χ1) is 10.2. The van der Waals surface area contributed by atoms with Crippen molar-refractivity contribution in [3.8, 4) is 11.5 Å². The second-order valence-corrected chi connectivity index (χ2v) is 4.15. The highest BCUT2D eigenvalue weighted by Gasteiger charge is 2.17. The number of rotatable bonds is 7. The quantitative estimate of drug-likeness (QED) is 0.839. The number of aryl methyl sites for hydroxylation is 1. The smallest absolute Gasteiger partial charge is 0.339 e. The van der Waals surface area contributed by atoms with Crippen molar-refractivity contribution in [3.05, 3.63) is 35.9 Å². The van der Waals surface area contributed by atoms with Crippen LogP contribution in [0, 0.1) is 0 Å². The fourth-order valence-electron chi connectivity index (χ4n) is 1.90. The summed E-state index contributed by atoms with van der Waals surface area (Å²) >= 11 is 0. The maximum atomic E-state index is 11.3. The van der Waals surface area contributed by atoms with Gasteiger partial charge in [0, 0.05) is 6.54 Å². The molecule has 7 heteroatoms. The fourth-order valence-corrected chi connectivity index (χ4v) is 1.90. The van der Waals surface area contributed by atoms with Gasteiger partial charge in [-0.25, -0.2) is 14.5 Å². The second-order valence-electron chi connectivity index (χ2n) is 4.15. The molecule has 1 heterocycles. The predicted molar refractivity (Wildman–Crippen MR) is 74.6 cm³/mol. The van der Waals surface area contributed by atoms with Crippen LogP contribution in [0.4, 0.5) is 0 Å². The van der Waals surface area contributed by atoms with E-state index in [1.165, 1.54) is 12.4 Å². The molecule has 112 valence electrons. The van der Waals surface area contributed by atoms with E-state index >= 15 is 0 Å². The van der Waals surface area contributed by atoms with Crippen molar-refractivity contribution in [1.29, 1.82) is 0 Å². The van der Waals surface area contributed by atoms with Gasteiger partial charge in [-0.1, -0.05) is 6.07 Å². The Kier molecular flexibility index (Phi) is 4.76. The molecule has 0 aliphatic heterocycles. The molecule has 0 aliphatic carbocycles. The molecule has 0 bridgehead atoms. The molecular weight excluding hydrogens is 274 g/mol. The van der Waals surface area contributed by atoms with Crippen molar-refractivity contribution in [2.75, 3.05) is 6.61 Å². The van der Waals surface area contributed by atoms with Crippen molar-refractivity contribution in [1.82, 2.24) is 14.8 Å². The molecule has 0 atom stereocenters. The summed E-state index contributed by atoms with van der Waals surface area (Å²) in [5.41, 5.74) is 0.0588. The molecule has 7 nitrogen and oxygen atoms in total. The van der Waals surface area contributed by atoms with Crippen LogP contribution in [0.2, 0.25) is 0 Å². The Morgan fingerprint density at radius 2 is 2.14 bits per heavy atom. The van der Waals surface area contributed by atoms with Crippen LogP contribution >= 0.6 is 0 Å². The molecule has 0 unspecified atom stereocenters. The third kappa shape index (κ3) is 3.31. The normalized spacial score (nSPS) is 10.4. The number of ether oxygens (including phenoxy) is 2. The first-order valence-corrected chi connectivity index (χ1v) is 6.65. The van der Waals surface area contributed by atoms with Gasteiger partial charge in [-0.2, -0.15) is 5.10 Å². The summed E-state index contributed by atoms with van der Waals surface area (Å²) < 4.78 is 12.7. The van der Waals surface area contributed by atoms with Crippen LogP contribution in [-0.2, 0) is 13.2 Å². The van der Waals surface area contributed by atoms with E-state index in [9.17, 15) is 9.90 Å². The third-order valence-electron chi connectivity index (χ3n) is 2.85. The Morgan fingerprint density at radius 3 is 2.81 bits per heavy atom. The number of carboxylic acid groups (broad SMARTS) is 1. The van der Waals surface area contributed by atoms with Crippen molar-refractivity contribution in [2.24, 2.45) is 0 Å². The Labute approximate surface area is 122 Å². The maximum absolute atomic E-state index is 11.3. The first kappa shape index (κ1) is 14.8. The Bertz CT molecular complexity index is 624. The Hall–Kier alpha value is -2.57. The lowest BCUT2D eigenvalue weighted by molar-refractivity contribution is 0.0690. The topological polar surface area (TPSA) is 86.5 Å². The molecule has 0 spiro atoms. The molecule has 1 aromatic carbocycles.